The lowest BCUT2D eigenvalue weighted by atomic mass is 10.0. The van der Waals surface area contributed by atoms with E-state index in [1.807, 2.05) is 13.8 Å². The first kappa shape index (κ1) is 14.9. The summed E-state index contributed by atoms with van der Waals surface area (Å²) in [6, 6.07) is 0. The van der Waals surface area contributed by atoms with Gasteiger partial charge in [0.1, 0.15) is 0 Å². The van der Waals surface area contributed by atoms with Gasteiger partial charge in [-0.15, -0.1) is 0 Å². The highest BCUT2D eigenvalue weighted by molar-refractivity contribution is 5.79. The Labute approximate surface area is 97.2 Å². The summed E-state index contributed by atoms with van der Waals surface area (Å²) in [6.45, 7) is 5.42. The summed E-state index contributed by atoms with van der Waals surface area (Å²) in [5.41, 5.74) is 5.50. The fourth-order valence-corrected chi connectivity index (χ4v) is 1.33. The van der Waals surface area contributed by atoms with Gasteiger partial charge < -0.3 is 16.4 Å². The van der Waals surface area contributed by atoms with Crippen LogP contribution < -0.4 is 16.4 Å². The number of nitrogens with two attached hydrogens (primary N) is 1. The summed E-state index contributed by atoms with van der Waals surface area (Å²) in [5, 5.41) is 5.39. The molecule has 0 aromatic heterocycles. The summed E-state index contributed by atoms with van der Waals surface area (Å²) >= 11 is 0. The van der Waals surface area contributed by atoms with Gasteiger partial charge in [-0.2, -0.15) is 0 Å². The highest BCUT2D eigenvalue weighted by atomic mass is 16.2. The van der Waals surface area contributed by atoms with Crippen molar-refractivity contribution in [3.63, 3.8) is 0 Å². The quantitative estimate of drug-likeness (QED) is 0.548. The van der Waals surface area contributed by atoms with Gasteiger partial charge in [0.2, 0.25) is 11.8 Å². The van der Waals surface area contributed by atoms with Crippen molar-refractivity contribution in [1.29, 1.82) is 0 Å². The average molecular weight is 229 g/mol. The monoisotopic (exact) mass is 229 g/mol. The van der Waals surface area contributed by atoms with Crippen molar-refractivity contribution in [2.45, 2.75) is 33.1 Å². The van der Waals surface area contributed by atoms with E-state index in [9.17, 15) is 9.59 Å². The van der Waals surface area contributed by atoms with Crippen molar-refractivity contribution in [3.05, 3.63) is 0 Å². The van der Waals surface area contributed by atoms with E-state index in [2.05, 4.69) is 10.6 Å². The predicted octanol–water partition coefficient (Wildman–Crippen LogP) is 0.00380. The molecule has 1 atom stereocenters. The molecule has 0 saturated carbocycles. The van der Waals surface area contributed by atoms with Crippen LogP contribution in [0.3, 0.4) is 0 Å². The van der Waals surface area contributed by atoms with E-state index in [-0.39, 0.29) is 17.7 Å². The van der Waals surface area contributed by atoms with Crippen molar-refractivity contribution < 1.29 is 9.59 Å². The maximum absolute atomic E-state index is 11.4. The lowest BCUT2D eigenvalue weighted by Gasteiger charge is -2.11. The third-order valence-corrected chi connectivity index (χ3v) is 2.43. The number of nitrogens with one attached hydrogen (secondary N) is 2. The number of amides is 2. The fraction of sp³-hybridized carbons (Fsp3) is 0.818. The molecule has 0 aromatic carbocycles. The van der Waals surface area contributed by atoms with Crippen LogP contribution in [-0.2, 0) is 9.59 Å². The van der Waals surface area contributed by atoms with Crippen molar-refractivity contribution in [2.24, 2.45) is 11.7 Å². The second-order valence-corrected chi connectivity index (χ2v) is 3.77. The molecule has 0 heterocycles. The molecule has 0 saturated heterocycles. The maximum atomic E-state index is 11.4. The zero-order valence-corrected chi connectivity index (χ0v) is 10.2. The lowest BCUT2D eigenvalue weighted by Crippen LogP contribution is -2.32. The first-order valence-electron chi connectivity index (χ1n) is 5.87. The van der Waals surface area contributed by atoms with Gasteiger partial charge in [0.05, 0.1) is 0 Å². The highest BCUT2D eigenvalue weighted by Crippen LogP contribution is 2.04. The van der Waals surface area contributed by atoms with E-state index in [0.717, 1.165) is 6.42 Å². The topological polar surface area (TPSA) is 84.2 Å². The normalized spacial score (nSPS) is 11.9. The molecule has 0 fully saturated rings. The molecule has 94 valence electrons. The minimum atomic E-state index is -0.0336. The smallest absolute Gasteiger partial charge is 0.221 e. The molecular weight excluding hydrogens is 206 g/mol. The molecule has 0 aliphatic heterocycles. The van der Waals surface area contributed by atoms with Crippen LogP contribution in [0, 0.1) is 5.92 Å². The Hall–Kier alpha value is -1.10. The van der Waals surface area contributed by atoms with Gasteiger partial charge in [0, 0.05) is 25.9 Å². The van der Waals surface area contributed by atoms with E-state index in [1.54, 1.807) is 0 Å². The summed E-state index contributed by atoms with van der Waals surface area (Å²) in [5.74, 6) is 0.180. The minimum absolute atomic E-state index is 0.0263. The average Bonchev–Trinajstić information content (AvgIpc) is 2.26. The van der Waals surface area contributed by atoms with Gasteiger partial charge >= 0.3 is 0 Å². The second kappa shape index (κ2) is 9.15. The fourth-order valence-electron chi connectivity index (χ4n) is 1.33. The van der Waals surface area contributed by atoms with Crippen molar-refractivity contribution in [3.8, 4) is 0 Å². The first-order chi connectivity index (χ1) is 7.63. The van der Waals surface area contributed by atoms with Crippen LogP contribution in [0.15, 0.2) is 0 Å². The van der Waals surface area contributed by atoms with Gasteiger partial charge in [-0.25, -0.2) is 0 Å². The number of rotatable bonds is 8. The van der Waals surface area contributed by atoms with Crippen molar-refractivity contribution >= 4 is 11.8 Å². The van der Waals surface area contributed by atoms with Crippen molar-refractivity contribution in [1.82, 2.24) is 10.6 Å². The number of hydrogen-bond donors (Lipinski definition) is 3. The van der Waals surface area contributed by atoms with Crippen LogP contribution in [-0.4, -0.2) is 31.4 Å². The molecule has 1 unspecified atom stereocenters. The zero-order valence-electron chi connectivity index (χ0n) is 10.2. The SMILES string of the molecule is CCNC(=O)CCNC(=O)CC(CC)CN. The molecule has 0 spiro atoms. The van der Waals surface area contributed by atoms with Gasteiger partial charge in [0.25, 0.3) is 0 Å². The standard InChI is InChI=1S/C11H23N3O2/c1-3-9(8-12)7-11(16)14-6-5-10(15)13-4-2/h9H,3-8,12H2,1-2H3,(H,13,15)(H,14,16). The third-order valence-electron chi connectivity index (χ3n) is 2.43. The van der Waals surface area contributed by atoms with E-state index >= 15 is 0 Å². The molecule has 2 amide bonds. The highest BCUT2D eigenvalue weighted by Gasteiger charge is 2.10. The molecule has 0 aliphatic rings. The van der Waals surface area contributed by atoms with Crippen LogP contribution in [0.1, 0.15) is 33.1 Å². The Morgan fingerprint density at radius 1 is 1.19 bits per heavy atom. The summed E-state index contributed by atoms with van der Waals surface area (Å²) in [6.07, 6.45) is 1.68. The molecule has 0 rings (SSSR count). The molecule has 0 radical (unpaired) electrons. The van der Waals surface area contributed by atoms with E-state index in [0.29, 0.717) is 32.5 Å². The lowest BCUT2D eigenvalue weighted by molar-refractivity contribution is -0.122. The Balaban J connectivity index is 3.61. The zero-order chi connectivity index (χ0) is 12.4. The van der Waals surface area contributed by atoms with Gasteiger partial charge in [-0.1, -0.05) is 13.3 Å². The van der Waals surface area contributed by atoms with Crippen molar-refractivity contribution in [2.75, 3.05) is 19.6 Å². The van der Waals surface area contributed by atoms with Gasteiger partial charge in [-0.05, 0) is 19.4 Å². The largest absolute Gasteiger partial charge is 0.356 e. The Bertz CT molecular complexity index is 215. The molecule has 16 heavy (non-hydrogen) atoms. The third kappa shape index (κ3) is 7.23. The molecule has 0 aliphatic carbocycles. The second-order valence-electron chi connectivity index (χ2n) is 3.77. The van der Waals surface area contributed by atoms with Gasteiger partial charge in [0.15, 0.2) is 0 Å². The first-order valence-corrected chi connectivity index (χ1v) is 5.87. The molecule has 0 bridgehead atoms. The molecule has 4 N–H and O–H groups in total. The summed E-state index contributed by atoms with van der Waals surface area (Å²) in [4.78, 5) is 22.5. The van der Waals surface area contributed by atoms with Crippen LogP contribution in [0.4, 0.5) is 0 Å². The predicted molar refractivity (Wildman–Crippen MR) is 63.8 cm³/mol. The molecular formula is C11H23N3O2. The number of carbonyl (C=O) groups is 2. The Morgan fingerprint density at radius 2 is 1.88 bits per heavy atom. The van der Waals surface area contributed by atoms with E-state index in [1.165, 1.54) is 0 Å². The Kier molecular flexibility index (Phi) is 8.52. The van der Waals surface area contributed by atoms with E-state index in [4.69, 9.17) is 5.73 Å². The summed E-state index contributed by atoms with van der Waals surface area (Å²) in [7, 11) is 0. The van der Waals surface area contributed by atoms with Crippen LogP contribution in [0.5, 0.6) is 0 Å². The minimum Gasteiger partial charge on any atom is -0.356 e. The maximum Gasteiger partial charge on any atom is 0.221 e. The van der Waals surface area contributed by atoms with E-state index < -0.39 is 0 Å². The van der Waals surface area contributed by atoms with Crippen LogP contribution in [0.25, 0.3) is 0 Å². The molecule has 5 nitrogen and oxygen atoms in total. The molecule has 0 aromatic rings. The Morgan fingerprint density at radius 3 is 2.38 bits per heavy atom. The van der Waals surface area contributed by atoms with Crippen LogP contribution >= 0.6 is 0 Å². The summed E-state index contributed by atoms with van der Waals surface area (Å²) < 4.78 is 0. The molecule has 5 heteroatoms. The number of carbonyl (C=O) groups excluding carboxylic acids is 2. The van der Waals surface area contributed by atoms with Crippen LogP contribution in [0.2, 0.25) is 0 Å². The van der Waals surface area contributed by atoms with Gasteiger partial charge in [-0.3, -0.25) is 9.59 Å². The number of hydrogen-bond acceptors (Lipinski definition) is 3.